The minimum absolute atomic E-state index is 0.308. The summed E-state index contributed by atoms with van der Waals surface area (Å²) < 4.78 is 6.09. The lowest BCUT2D eigenvalue weighted by molar-refractivity contribution is 0.257. The zero-order valence-electron chi connectivity index (χ0n) is 12.5. The van der Waals surface area contributed by atoms with Gasteiger partial charge in [-0.3, -0.25) is 0 Å². The molecule has 0 atom stereocenters. The highest BCUT2D eigenvalue weighted by molar-refractivity contribution is 6.70. The smallest absolute Gasteiger partial charge is 0.356 e. The lowest BCUT2D eigenvalue weighted by atomic mass is 10.0. The topological polar surface area (TPSA) is 59.3 Å². The summed E-state index contributed by atoms with van der Waals surface area (Å²) in [4.78, 5) is 7.44. The molecule has 0 amide bonds. The van der Waals surface area contributed by atoms with Gasteiger partial charge in [0, 0.05) is 5.54 Å². The lowest BCUT2D eigenvalue weighted by Crippen LogP contribution is -2.71. The van der Waals surface area contributed by atoms with Crippen molar-refractivity contribution in [2.45, 2.75) is 77.4 Å². The standard InChI is InChI=1S/C13H31N3OSi/c1-11(2)15-18(17-10-14,16-12(3)4)13-8-6-5-7-9-13/h11-13,15-16H,5-10,14H2,1-4H3. The van der Waals surface area contributed by atoms with Crippen LogP contribution in [0.3, 0.4) is 0 Å². The summed E-state index contributed by atoms with van der Waals surface area (Å²) in [5, 5.41) is 0. The van der Waals surface area contributed by atoms with Crippen LogP contribution in [0.2, 0.25) is 5.54 Å². The van der Waals surface area contributed by atoms with Crippen LogP contribution in [0.1, 0.15) is 59.8 Å². The molecule has 0 bridgehead atoms. The highest BCUT2D eigenvalue weighted by Gasteiger charge is 2.45. The number of nitrogens with one attached hydrogen (secondary N) is 2. The molecule has 0 heterocycles. The van der Waals surface area contributed by atoms with Gasteiger partial charge in [0.25, 0.3) is 0 Å². The molecule has 0 aromatic carbocycles. The highest BCUT2D eigenvalue weighted by atomic mass is 28.4. The van der Waals surface area contributed by atoms with Crippen LogP contribution in [0.4, 0.5) is 0 Å². The molecule has 0 aromatic heterocycles. The van der Waals surface area contributed by atoms with E-state index in [1.165, 1.54) is 32.1 Å². The maximum Gasteiger partial charge on any atom is 0.356 e. The Kier molecular flexibility index (Phi) is 6.80. The average molecular weight is 273 g/mol. The summed E-state index contributed by atoms with van der Waals surface area (Å²) in [7, 11) is -2.15. The number of rotatable bonds is 7. The average Bonchev–Trinajstić information content (AvgIpc) is 2.28. The van der Waals surface area contributed by atoms with E-state index in [9.17, 15) is 0 Å². The van der Waals surface area contributed by atoms with E-state index in [1.807, 2.05) is 0 Å². The summed E-state index contributed by atoms with van der Waals surface area (Å²) in [6, 6.07) is 0.854. The quantitative estimate of drug-likeness (QED) is 0.491. The van der Waals surface area contributed by atoms with E-state index >= 15 is 0 Å². The fraction of sp³-hybridized carbons (Fsp3) is 1.00. The van der Waals surface area contributed by atoms with E-state index in [1.54, 1.807) is 0 Å². The zero-order valence-corrected chi connectivity index (χ0v) is 13.5. The van der Waals surface area contributed by atoms with E-state index in [2.05, 4.69) is 37.7 Å². The summed E-state index contributed by atoms with van der Waals surface area (Å²) in [6.45, 7) is 9.06. The molecule has 1 fully saturated rings. The molecular weight excluding hydrogens is 242 g/mol. The van der Waals surface area contributed by atoms with E-state index in [0.717, 1.165) is 0 Å². The molecule has 5 heteroatoms. The van der Waals surface area contributed by atoms with Gasteiger partial charge < -0.3 is 20.1 Å². The van der Waals surface area contributed by atoms with Gasteiger partial charge in [-0.05, 0) is 24.9 Å². The Bertz CT molecular complexity index is 220. The molecule has 18 heavy (non-hydrogen) atoms. The Balaban J connectivity index is 2.85. The molecule has 108 valence electrons. The first kappa shape index (κ1) is 16.1. The third-order valence-electron chi connectivity index (χ3n) is 3.50. The van der Waals surface area contributed by atoms with E-state index in [0.29, 0.717) is 24.4 Å². The summed E-state index contributed by atoms with van der Waals surface area (Å²) >= 11 is 0. The van der Waals surface area contributed by atoms with Crippen molar-refractivity contribution < 1.29 is 4.43 Å². The van der Waals surface area contributed by atoms with Gasteiger partial charge in [0.1, 0.15) is 0 Å². The fourth-order valence-corrected chi connectivity index (χ4v) is 7.13. The largest absolute Gasteiger partial charge is 0.378 e. The Morgan fingerprint density at radius 2 is 1.56 bits per heavy atom. The number of hydrogen-bond acceptors (Lipinski definition) is 4. The SMILES string of the molecule is CC(C)N[Si](NC(C)C)(OCN)C1CCCCC1. The molecule has 1 aliphatic carbocycles. The van der Waals surface area contributed by atoms with Gasteiger partial charge in [-0.25, -0.2) is 0 Å². The van der Waals surface area contributed by atoms with Crippen molar-refractivity contribution in [3.05, 3.63) is 0 Å². The Morgan fingerprint density at radius 3 is 1.94 bits per heavy atom. The third-order valence-corrected chi connectivity index (χ3v) is 7.86. The van der Waals surface area contributed by atoms with Crippen molar-refractivity contribution >= 4 is 8.64 Å². The first-order chi connectivity index (χ1) is 8.50. The fourth-order valence-electron chi connectivity index (χ4n) is 2.98. The highest BCUT2D eigenvalue weighted by Crippen LogP contribution is 2.35. The van der Waals surface area contributed by atoms with Gasteiger partial charge in [0.15, 0.2) is 0 Å². The molecule has 0 aliphatic heterocycles. The molecule has 4 N–H and O–H groups in total. The van der Waals surface area contributed by atoms with Crippen LogP contribution in [0, 0.1) is 0 Å². The Labute approximate surface area is 113 Å². The van der Waals surface area contributed by atoms with Gasteiger partial charge in [0.05, 0.1) is 6.73 Å². The van der Waals surface area contributed by atoms with Crippen LogP contribution in [-0.2, 0) is 4.43 Å². The lowest BCUT2D eigenvalue weighted by Gasteiger charge is -2.42. The van der Waals surface area contributed by atoms with Crippen LogP contribution < -0.4 is 15.7 Å². The van der Waals surface area contributed by atoms with Crippen LogP contribution in [0.25, 0.3) is 0 Å². The number of hydrogen-bond donors (Lipinski definition) is 3. The monoisotopic (exact) mass is 273 g/mol. The zero-order chi connectivity index (χ0) is 13.6. The second-order valence-corrected chi connectivity index (χ2v) is 9.13. The molecule has 1 rings (SSSR count). The molecule has 1 aliphatic rings. The van der Waals surface area contributed by atoms with E-state index in [4.69, 9.17) is 10.2 Å². The van der Waals surface area contributed by atoms with Crippen molar-refractivity contribution in [2.24, 2.45) is 5.73 Å². The summed E-state index contributed by atoms with van der Waals surface area (Å²) in [5.41, 5.74) is 6.34. The van der Waals surface area contributed by atoms with Crippen LogP contribution in [0.15, 0.2) is 0 Å². The molecular formula is C13H31N3OSi. The molecule has 0 saturated heterocycles. The van der Waals surface area contributed by atoms with Gasteiger partial charge in [-0.15, -0.1) is 0 Å². The van der Waals surface area contributed by atoms with Crippen LogP contribution >= 0.6 is 0 Å². The minimum atomic E-state index is -2.15. The van der Waals surface area contributed by atoms with Crippen LogP contribution in [0.5, 0.6) is 0 Å². The van der Waals surface area contributed by atoms with Crippen LogP contribution in [-0.4, -0.2) is 27.5 Å². The molecule has 4 nitrogen and oxygen atoms in total. The van der Waals surface area contributed by atoms with Crippen molar-refractivity contribution in [1.29, 1.82) is 0 Å². The first-order valence-corrected chi connectivity index (χ1v) is 9.38. The summed E-state index contributed by atoms with van der Waals surface area (Å²) in [5.74, 6) is 0. The predicted octanol–water partition coefficient (Wildman–Crippen LogP) is 2.19. The normalized spacial score (nSPS) is 18.8. The van der Waals surface area contributed by atoms with Crippen molar-refractivity contribution in [1.82, 2.24) is 9.96 Å². The van der Waals surface area contributed by atoms with Crippen molar-refractivity contribution in [3.8, 4) is 0 Å². The van der Waals surface area contributed by atoms with Gasteiger partial charge >= 0.3 is 8.64 Å². The number of nitrogens with two attached hydrogens (primary N) is 1. The van der Waals surface area contributed by atoms with Crippen molar-refractivity contribution in [2.75, 3.05) is 6.73 Å². The molecule has 0 spiro atoms. The predicted molar refractivity (Wildman–Crippen MR) is 79.3 cm³/mol. The molecule has 0 radical (unpaired) electrons. The second kappa shape index (κ2) is 7.60. The molecule has 1 saturated carbocycles. The Hall–Kier alpha value is 0.0569. The Morgan fingerprint density at radius 1 is 1.06 bits per heavy atom. The summed E-state index contributed by atoms with van der Waals surface area (Å²) in [6.07, 6.45) is 6.56. The van der Waals surface area contributed by atoms with Gasteiger partial charge in [0.2, 0.25) is 0 Å². The molecule has 0 unspecified atom stereocenters. The second-order valence-electron chi connectivity index (χ2n) is 5.98. The molecule has 0 aromatic rings. The minimum Gasteiger partial charge on any atom is -0.378 e. The maximum atomic E-state index is 6.09. The van der Waals surface area contributed by atoms with Gasteiger partial charge in [-0.1, -0.05) is 47.0 Å². The van der Waals surface area contributed by atoms with E-state index < -0.39 is 8.64 Å². The van der Waals surface area contributed by atoms with E-state index in [-0.39, 0.29) is 0 Å². The first-order valence-electron chi connectivity index (χ1n) is 7.39. The maximum absolute atomic E-state index is 6.09. The van der Waals surface area contributed by atoms with Gasteiger partial charge in [-0.2, -0.15) is 0 Å². The third kappa shape index (κ3) is 4.62. The van der Waals surface area contributed by atoms with Crippen molar-refractivity contribution in [3.63, 3.8) is 0 Å².